The maximum Gasteiger partial charge on any atom is 0.160 e. The van der Waals surface area contributed by atoms with Gasteiger partial charge in [0.1, 0.15) is 0 Å². The Morgan fingerprint density at radius 1 is 0.857 bits per heavy atom. The Labute approximate surface area is 127 Å². The van der Waals surface area contributed by atoms with Crippen LogP contribution in [0.3, 0.4) is 0 Å². The van der Waals surface area contributed by atoms with Crippen molar-refractivity contribution in [3.05, 3.63) is 87.6 Å². The maximum absolute atomic E-state index is 4.95. The highest BCUT2D eigenvalue weighted by atomic mass is 32.1. The van der Waals surface area contributed by atoms with Crippen molar-refractivity contribution in [3.8, 4) is 0 Å². The molecule has 1 aliphatic rings. The smallest absolute Gasteiger partial charge is 0.160 e. The lowest BCUT2D eigenvalue weighted by atomic mass is 10.2. The van der Waals surface area contributed by atoms with Crippen molar-refractivity contribution in [2.45, 2.75) is 6.17 Å². The molecule has 21 heavy (non-hydrogen) atoms. The largest absolute Gasteiger partial charge is 0.320 e. The monoisotopic (exact) mass is 290 g/mol. The third kappa shape index (κ3) is 2.26. The van der Waals surface area contributed by atoms with Crippen LogP contribution in [-0.4, -0.2) is 0 Å². The molecule has 3 heteroatoms. The van der Waals surface area contributed by atoms with Gasteiger partial charge in [0, 0.05) is 22.0 Å². The van der Waals surface area contributed by atoms with Crippen molar-refractivity contribution < 1.29 is 0 Å². The summed E-state index contributed by atoms with van der Waals surface area (Å²) < 4.78 is 0. The molecular weight excluding hydrogens is 276 g/mol. The molecule has 0 saturated carbocycles. The normalized spacial score (nSPS) is 16.8. The van der Waals surface area contributed by atoms with E-state index in [1.807, 2.05) is 12.1 Å². The van der Waals surface area contributed by atoms with Gasteiger partial charge in [0.15, 0.2) is 6.17 Å². The molecule has 102 valence electrons. The highest BCUT2D eigenvalue weighted by molar-refractivity contribution is 7.10. The van der Waals surface area contributed by atoms with E-state index < -0.39 is 0 Å². The summed E-state index contributed by atoms with van der Waals surface area (Å²) >= 11 is 1.75. The first-order valence-electron chi connectivity index (χ1n) is 6.93. The van der Waals surface area contributed by atoms with E-state index >= 15 is 0 Å². The van der Waals surface area contributed by atoms with Crippen molar-refractivity contribution in [1.29, 1.82) is 0 Å². The molecule has 0 saturated heterocycles. The number of hydrogen-bond donors (Lipinski definition) is 0. The molecule has 1 unspecified atom stereocenters. The minimum Gasteiger partial charge on any atom is -0.320 e. The number of hydrogen-bond acceptors (Lipinski definition) is 3. The van der Waals surface area contributed by atoms with Crippen LogP contribution in [-0.2, 0) is 0 Å². The number of rotatable bonds is 2. The Bertz CT molecular complexity index is 854. The van der Waals surface area contributed by atoms with Gasteiger partial charge < -0.3 is 4.90 Å². The zero-order chi connectivity index (χ0) is 14.1. The Balaban J connectivity index is 1.92. The van der Waals surface area contributed by atoms with E-state index in [-0.39, 0.29) is 6.17 Å². The van der Waals surface area contributed by atoms with Crippen LogP contribution in [0.15, 0.2) is 77.1 Å². The fourth-order valence-corrected chi connectivity index (χ4v) is 3.34. The van der Waals surface area contributed by atoms with Gasteiger partial charge in [0.2, 0.25) is 0 Å². The predicted molar refractivity (Wildman–Crippen MR) is 87.7 cm³/mol. The molecule has 2 aromatic carbocycles. The van der Waals surface area contributed by atoms with E-state index in [2.05, 4.69) is 71.1 Å². The SMILES string of the molecule is C1=c2ccccc2=NC(c2cccs2)N1c1ccccc1. The van der Waals surface area contributed by atoms with Gasteiger partial charge in [-0.3, -0.25) is 4.99 Å². The van der Waals surface area contributed by atoms with Crippen LogP contribution < -0.4 is 15.5 Å². The third-order valence-corrected chi connectivity index (χ3v) is 4.50. The van der Waals surface area contributed by atoms with Crippen LogP contribution in [0.25, 0.3) is 6.20 Å². The molecule has 1 aliphatic heterocycles. The first-order valence-corrected chi connectivity index (χ1v) is 7.81. The highest BCUT2D eigenvalue weighted by Crippen LogP contribution is 2.31. The Morgan fingerprint density at radius 3 is 2.48 bits per heavy atom. The van der Waals surface area contributed by atoms with E-state index in [9.17, 15) is 0 Å². The lowest BCUT2D eigenvalue weighted by Crippen LogP contribution is -2.37. The van der Waals surface area contributed by atoms with Gasteiger partial charge in [-0.2, -0.15) is 0 Å². The van der Waals surface area contributed by atoms with Crippen molar-refractivity contribution in [2.75, 3.05) is 4.90 Å². The molecule has 0 bridgehead atoms. The first kappa shape index (κ1) is 12.4. The van der Waals surface area contributed by atoms with Gasteiger partial charge in [-0.25, -0.2) is 0 Å². The van der Waals surface area contributed by atoms with Crippen molar-refractivity contribution in [3.63, 3.8) is 0 Å². The minimum atomic E-state index is 0.0160. The average molecular weight is 290 g/mol. The van der Waals surface area contributed by atoms with E-state index in [0.29, 0.717) is 0 Å². The molecular formula is C18H14N2S. The van der Waals surface area contributed by atoms with Gasteiger partial charge in [0.05, 0.1) is 5.36 Å². The number of benzene rings is 2. The van der Waals surface area contributed by atoms with Gasteiger partial charge >= 0.3 is 0 Å². The van der Waals surface area contributed by atoms with Crippen molar-refractivity contribution in [2.24, 2.45) is 4.99 Å². The summed E-state index contributed by atoms with van der Waals surface area (Å²) in [6.07, 6.45) is 2.21. The molecule has 0 spiro atoms. The number of nitrogens with zero attached hydrogens (tertiary/aromatic N) is 2. The molecule has 0 aliphatic carbocycles. The van der Waals surface area contributed by atoms with E-state index in [0.717, 1.165) is 16.3 Å². The molecule has 0 N–H and O–H groups in total. The van der Waals surface area contributed by atoms with Crippen LogP contribution in [0.2, 0.25) is 0 Å². The number of thiophene rings is 1. The van der Waals surface area contributed by atoms with Crippen LogP contribution in [0.5, 0.6) is 0 Å². The standard InChI is InChI=1S/C18H14N2S/c1-2-8-15(9-3-1)20-13-14-7-4-5-10-16(14)19-18(20)17-11-6-12-21-17/h1-13,18H. The Morgan fingerprint density at radius 2 is 1.67 bits per heavy atom. The molecule has 1 aromatic heterocycles. The first-order chi connectivity index (χ1) is 10.4. The second-order valence-corrected chi connectivity index (χ2v) is 5.93. The molecule has 0 amide bonds. The Hall–Kier alpha value is -2.39. The van der Waals surface area contributed by atoms with Gasteiger partial charge in [-0.05, 0) is 29.6 Å². The molecule has 4 rings (SSSR count). The van der Waals surface area contributed by atoms with Crippen molar-refractivity contribution >= 4 is 23.2 Å². The summed E-state index contributed by atoms with van der Waals surface area (Å²) in [6.45, 7) is 0. The van der Waals surface area contributed by atoms with Crippen LogP contribution >= 0.6 is 11.3 Å². The predicted octanol–water partition coefficient (Wildman–Crippen LogP) is 3.32. The zero-order valence-electron chi connectivity index (χ0n) is 11.4. The number of anilines is 1. The second-order valence-electron chi connectivity index (χ2n) is 4.95. The molecule has 3 aromatic rings. The van der Waals surface area contributed by atoms with Crippen LogP contribution in [0.4, 0.5) is 5.69 Å². The number of para-hydroxylation sites is 2. The highest BCUT2D eigenvalue weighted by Gasteiger charge is 2.21. The van der Waals surface area contributed by atoms with E-state index in [4.69, 9.17) is 4.99 Å². The van der Waals surface area contributed by atoms with Gasteiger partial charge in [-0.15, -0.1) is 11.3 Å². The molecule has 2 nitrogen and oxygen atoms in total. The zero-order valence-corrected chi connectivity index (χ0v) is 12.2. The van der Waals surface area contributed by atoms with Crippen molar-refractivity contribution in [1.82, 2.24) is 0 Å². The fraction of sp³-hybridized carbons (Fsp3) is 0.0556. The second kappa shape index (κ2) is 5.19. The summed E-state index contributed by atoms with van der Waals surface area (Å²) in [4.78, 5) is 8.45. The van der Waals surface area contributed by atoms with E-state index in [1.54, 1.807) is 11.3 Å². The maximum atomic E-state index is 4.95. The summed E-state index contributed by atoms with van der Waals surface area (Å²) in [5.74, 6) is 0. The summed E-state index contributed by atoms with van der Waals surface area (Å²) in [5.41, 5.74) is 1.16. The summed E-state index contributed by atoms with van der Waals surface area (Å²) in [5, 5.41) is 4.33. The fourth-order valence-electron chi connectivity index (χ4n) is 2.58. The summed E-state index contributed by atoms with van der Waals surface area (Å²) in [7, 11) is 0. The minimum absolute atomic E-state index is 0.0160. The summed E-state index contributed by atoms with van der Waals surface area (Å²) in [6, 6.07) is 22.9. The Kier molecular flexibility index (Phi) is 3.05. The molecule has 1 atom stereocenters. The van der Waals surface area contributed by atoms with E-state index in [1.165, 1.54) is 4.88 Å². The topological polar surface area (TPSA) is 15.6 Å². The number of fused-ring (bicyclic) bond motifs is 1. The van der Waals surface area contributed by atoms with Crippen LogP contribution in [0, 0.1) is 0 Å². The average Bonchev–Trinajstić information content (AvgIpc) is 3.09. The lowest BCUT2D eigenvalue weighted by molar-refractivity contribution is 0.727. The van der Waals surface area contributed by atoms with Gasteiger partial charge in [0.25, 0.3) is 0 Å². The lowest BCUT2D eigenvalue weighted by Gasteiger charge is -2.29. The molecule has 0 radical (unpaired) electrons. The van der Waals surface area contributed by atoms with Gasteiger partial charge in [-0.1, -0.05) is 42.5 Å². The molecule has 0 fully saturated rings. The van der Waals surface area contributed by atoms with Crippen LogP contribution in [0.1, 0.15) is 11.0 Å². The molecule has 2 heterocycles. The third-order valence-electron chi connectivity index (χ3n) is 3.59. The quantitative estimate of drug-likeness (QED) is 0.707.